The highest BCUT2D eigenvalue weighted by atomic mass is 32.2. The van der Waals surface area contributed by atoms with E-state index in [1.165, 1.54) is 19.1 Å². The van der Waals surface area contributed by atoms with Gasteiger partial charge in [-0.3, -0.25) is 10.2 Å². The Hall–Kier alpha value is -2.96. The third-order valence-electron chi connectivity index (χ3n) is 4.00. The number of rotatable bonds is 5. The number of carbonyl (C=O) groups excluding carboxylic acids is 1. The van der Waals surface area contributed by atoms with Crippen LogP contribution in [0.3, 0.4) is 0 Å². The Morgan fingerprint density at radius 1 is 1.00 bits per heavy atom. The Labute approximate surface area is 154 Å². The van der Waals surface area contributed by atoms with E-state index in [0.717, 1.165) is 21.1 Å². The van der Waals surface area contributed by atoms with Crippen molar-refractivity contribution in [2.75, 3.05) is 7.11 Å². The molecule has 4 aromatic rings. The number of methoxy groups -OCH3 is 1. The van der Waals surface area contributed by atoms with E-state index in [4.69, 9.17) is 9.15 Å². The summed E-state index contributed by atoms with van der Waals surface area (Å²) in [6, 6.07) is 21.5. The van der Waals surface area contributed by atoms with Crippen molar-refractivity contribution >= 4 is 39.6 Å². The summed E-state index contributed by atoms with van der Waals surface area (Å²) in [5, 5.41) is 2.87. The first kappa shape index (κ1) is 16.5. The van der Waals surface area contributed by atoms with Gasteiger partial charge in [0.05, 0.1) is 12.5 Å². The molecule has 1 amide bonds. The van der Waals surface area contributed by atoms with Crippen molar-refractivity contribution in [1.29, 1.82) is 0 Å². The molecule has 0 saturated heterocycles. The summed E-state index contributed by atoms with van der Waals surface area (Å²) in [6.07, 6.45) is 0. The van der Waals surface area contributed by atoms with E-state index in [-0.39, 0.29) is 5.76 Å². The second-order valence-electron chi connectivity index (χ2n) is 5.63. The third kappa shape index (κ3) is 3.12. The van der Waals surface area contributed by atoms with Crippen LogP contribution in [0.5, 0.6) is 5.75 Å². The van der Waals surface area contributed by atoms with Crippen LogP contribution in [0.1, 0.15) is 10.6 Å². The van der Waals surface area contributed by atoms with Crippen molar-refractivity contribution in [3.63, 3.8) is 0 Å². The van der Waals surface area contributed by atoms with Crippen LogP contribution in [0.4, 0.5) is 0 Å². The van der Waals surface area contributed by atoms with Crippen LogP contribution in [-0.2, 0) is 0 Å². The van der Waals surface area contributed by atoms with Crippen LogP contribution in [0.15, 0.2) is 76.0 Å². The summed E-state index contributed by atoms with van der Waals surface area (Å²) < 4.78 is 11.2. The van der Waals surface area contributed by atoms with E-state index in [0.29, 0.717) is 11.3 Å². The molecule has 26 heavy (non-hydrogen) atoms. The zero-order valence-electron chi connectivity index (χ0n) is 14.0. The van der Waals surface area contributed by atoms with E-state index < -0.39 is 5.91 Å². The molecule has 0 aliphatic rings. The smallest absolute Gasteiger partial charge is 0.305 e. The van der Waals surface area contributed by atoms with Gasteiger partial charge >= 0.3 is 5.91 Å². The first-order valence-corrected chi connectivity index (χ1v) is 8.84. The fourth-order valence-electron chi connectivity index (χ4n) is 2.79. The van der Waals surface area contributed by atoms with E-state index in [9.17, 15) is 4.79 Å². The number of benzene rings is 3. The monoisotopic (exact) mass is 364 g/mol. The number of nitrogens with one attached hydrogen (secondary N) is 2. The van der Waals surface area contributed by atoms with Gasteiger partial charge in [-0.15, -0.1) is 0 Å². The molecule has 0 fully saturated rings. The van der Waals surface area contributed by atoms with Crippen LogP contribution in [0.25, 0.3) is 21.7 Å². The summed E-state index contributed by atoms with van der Waals surface area (Å²) in [5.74, 6) is 0.166. The topological polar surface area (TPSA) is 63.5 Å². The van der Waals surface area contributed by atoms with Crippen LogP contribution in [0, 0.1) is 0 Å². The number of fused-ring (bicyclic) bond motifs is 2. The molecule has 1 aromatic heterocycles. The normalized spacial score (nSPS) is 11.0. The number of hydrogen-bond donors (Lipinski definition) is 2. The Kier molecular flexibility index (Phi) is 4.51. The average molecular weight is 364 g/mol. The zero-order valence-corrected chi connectivity index (χ0v) is 14.8. The Balaban J connectivity index is 1.60. The molecule has 0 aliphatic heterocycles. The van der Waals surface area contributed by atoms with Crippen molar-refractivity contribution in [2.45, 2.75) is 4.90 Å². The molecule has 4 rings (SSSR count). The highest BCUT2D eigenvalue weighted by Crippen LogP contribution is 2.35. The van der Waals surface area contributed by atoms with E-state index >= 15 is 0 Å². The van der Waals surface area contributed by atoms with Crippen molar-refractivity contribution < 1.29 is 13.9 Å². The first-order valence-electron chi connectivity index (χ1n) is 8.03. The van der Waals surface area contributed by atoms with Crippen molar-refractivity contribution in [2.24, 2.45) is 0 Å². The molecule has 2 N–H and O–H groups in total. The maximum Gasteiger partial charge on any atom is 0.305 e. The van der Waals surface area contributed by atoms with Gasteiger partial charge in [-0.05, 0) is 47.0 Å². The molecule has 1 heterocycles. The summed E-state index contributed by atoms with van der Waals surface area (Å²) in [4.78, 5) is 16.3. The molecule has 0 atom stereocenters. The molecule has 3 aromatic carbocycles. The average Bonchev–Trinajstić information content (AvgIpc) is 3.04. The maximum absolute atomic E-state index is 12.5. The Morgan fingerprint density at radius 2 is 1.69 bits per heavy atom. The summed E-state index contributed by atoms with van der Waals surface area (Å²) in [6.45, 7) is 0. The highest BCUT2D eigenvalue weighted by molar-refractivity contribution is 7.97. The van der Waals surface area contributed by atoms with Gasteiger partial charge in [0.25, 0.3) is 0 Å². The van der Waals surface area contributed by atoms with Gasteiger partial charge in [-0.2, -0.15) is 4.83 Å². The van der Waals surface area contributed by atoms with Crippen LogP contribution in [-0.4, -0.2) is 13.0 Å². The number of hydrazine groups is 1. The number of amides is 1. The van der Waals surface area contributed by atoms with E-state index in [2.05, 4.69) is 10.3 Å². The van der Waals surface area contributed by atoms with Gasteiger partial charge < -0.3 is 9.15 Å². The third-order valence-corrected chi connectivity index (χ3v) is 4.71. The standard InChI is InChI=1S/C20H16N2O3S/c1-24-18-16-11-13-7-5-6-8-14(13)12-17(16)25-19(18)20(23)21-22-26-15-9-3-2-4-10-15/h2-12,22H,1H3,(H,21,23). The molecule has 0 aliphatic carbocycles. The predicted molar refractivity (Wildman–Crippen MR) is 103 cm³/mol. The van der Waals surface area contributed by atoms with Crippen LogP contribution < -0.4 is 15.0 Å². The first-order chi connectivity index (χ1) is 12.8. The van der Waals surface area contributed by atoms with E-state index in [1.807, 2.05) is 66.7 Å². The van der Waals surface area contributed by atoms with Crippen LogP contribution >= 0.6 is 11.9 Å². The minimum absolute atomic E-state index is 0.138. The second-order valence-corrected chi connectivity index (χ2v) is 6.51. The summed E-state index contributed by atoms with van der Waals surface area (Å²) >= 11 is 1.30. The number of carbonyl (C=O) groups is 1. The quantitative estimate of drug-likeness (QED) is 0.402. The molecule has 0 bridgehead atoms. The SMILES string of the molecule is COc1c(C(=O)NNSc2ccccc2)oc2cc3ccccc3cc12. The predicted octanol–water partition coefficient (Wildman–Crippen LogP) is 4.54. The van der Waals surface area contributed by atoms with Crippen molar-refractivity contribution in [3.05, 3.63) is 72.5 Å². The number of ether oxygens (including phenoxy) is 1. The minimum Gasteiger partial charge on any atom is -0.492 e. The van der Waals surface area contributed by atoms with Gasteiger partial charge in [0, 0.05) is 4.90 Å². The number of hydrogen-bond acceptors (Lipinski definition) is 5. The maximum atomic E-state index is 12.5. The van der Waals surface area contributed by atoms with Gasteiger partial charge in [-0.1, -0.05) is 42.5 Å². The van der Waals surface area contributed by atoms with Gasteiger partial charge in [-0.25, -0.2) is 0 Å². The van der Waals surface area contributed by atoms with Gasteiger partial charge in [0.15, 0.2) is 5.75 Å². The Bertz CT molecular complexity index is 1080. The molecule has 0 saturated carbocycles. The lowest BCUT2D eigenvalue weighted by atomic mass is 10.1. The molecule has 5 nitrogen and oxygen atoms in total. The molecule has 0 unspecified atom stereocenters. The minimum atomic E-state index is -0.398. The second kappa shape index (κ2) is 7.11. The lowest BCUT2D eigenvalue weighted by molar-refractivity contribution is 0.0917. The molecule has 6 heteroatoms. The van der Waals surface area contributed by atoms with Crippen molar-refractivity contribution in [3.8, 4) is 5.75 Å². The van der Waals surface area contributed by atoms with E-state index in [1.54, 1.807) is 0 Å². The highest BCUT2D eigenvalue weighted by Gasteiger charge is 2.22. The van der Waals surface area contributed by atoms with Crippen molar-refractivity contribution in [1.82, 2.24) is 10.3 Å². The fourth-order valence-corrected chi connectivity index (χ4v) is 3.34. The zero-order chi connectivity index (χ0) is 17.9. The van der Waals surface area contributed by atoms with Gasteiger partial charge in [0.2, 0.25) is 5.76 Å². The largest absolute Gasteiger partial charge is 0.492 e. The van der Waals surface area contributed by atoms with Crippen LogP contribution in [0.2, 0.25) is 0 Å². The molecule has 0 spiro atoms. The summed E-state index contributed by atoms with van der Waals surface area (Å²) in [5.41, 5.74) is 3.24. The number of furan rings is 1. The molecular weight excluding hydrogens is 348 g/mol. The lowest BCUT2D eigenvalue weighted by Crippen LogP contribution is -2.32. The molecule has 0 radical (unpaired) electrons. The molecule has 130 valence electrons. The van der Waals surface area contributed by atoms with Gasteiger partial charge in [0.1, 0.15) is 5.58 Å². The fraction of sp³-hybridized carbons (Fsp3) is 0.0500. The molecular formula is C20H16N2O3S. The Morgan fingerprint density at radius 3 is 2.42 bits per heavy atom. The lowest BCUT2D eigenvalue weighted by Gasteiger charge is -2.05. The summed E-state index contributed by atoms with van der Waals surface area (Å²) in [7, 11) is 1.53.